The van der Waals surface area contributed by atoms with Gasteiger partial charge in [-0.1, -0.05) is 0 Å². The molecule has 1 fully saturated rings. The van der Waals surface area contributed by atoms with Crippen molar-refractivity contribution in [2.45, 2.75) is 19.3 Å². The van der Waals surface area contributed by atoms with Gasteiger partial charge in [-0.3, -0.25) is 4.79 Å². The van der Waals surface area contributed by atoms with Gasteiger partial charge in [-0.2, -0.15) is 0 Å². The summed E-state index contributed by atoms with van der Waals surface area (Å²) in [6.07, 6.45) is 2.90. The van der Waals surface area contributed by atoms with E-state index in [-0.39, 0.29) is 17.9 Å². The zero-order valence-electron chi connectivity index (χ0n) is 12.1. The van der Waals surface area contributed by atoms with Crippen molar-refractivity contribution in [3.63, 3.8) is 0 Å². The van der Waals surface area contributed by atoms with Crippen LogP contribution in [0.1, 0.15) is 29.6 Å². The van der Waals surface area contributed by atoms with Crippen molar-refractivity contribution in [2.24, 2.45) is 5.41 Å². The van der Waals surface area contributed by atoms with Gasteiger partial charge in [-0.15, -0.1) is 0 Å². The fourth-order valence-electron chi connectivity index (χ4n) is 2.42. The fraction of sp³-hybridized carbons (Fsp3) is 0.533. The van der Waals surface area contributed by atoms with Crippen LogP contribution in [0.3, 0.4) is 0 Å². The van der Waals surface area contributed by atoms with E-state index < -0.39 is 0 Å². The van der Waals surface area contributed by atoms with Gasteiger partial charge >= 0.3 is 0 Å². The van der Waals surface area contributed by atoms with Gasteiger partial charge < -0.3 is 21.1 Å². The maximum Gasteiger partial charge on any atom is 0.253 e. The lowest BCUT2D eigenvalue weighted by Crippen LogP contribution is -2.31. The van der Waals surface area contributed by atoms with Gasteiger partial charge in [0, 0.05) is 38.6 Å². The number of aliphatic hydroxyl groups excluding tert-OH is 1. The summed E-state index contributed by atoms with van der Waals surface area (Å²) in [6, 6.07) is 5.35. The fourth-order valence-corrected chi connectivity index (χ4v) is 2.42. The first-order chi connectivity index (χ1) is 9.47. The van der Waals surface area contributed by atoms with E-state index in [1.165, 1.54) is 0 Å². The molecular weight excluding hydrogens is 254 g/mol. The van der Waals surface area contributed by atoms with Gasteiger partial charge in [0.05, 0.1) is 5.56 Å². The molecule has 0 aromatic heterocycles. The van der Waals surface area contributed by atoms with E-state index in [9.17, 15) is 4.79 Å². The van der Waals surface area contributed by atoms with Gasteiger partial charge in [-0.05, 0) is 42.9 Å². The second-order valence-electron chi connectivity index (χ2n) is 5.83. The number of carbonyl (C=O) groups is 1. The average molecular weight is 277 g/mol. The number of nitrogens with zero attached hydrogens (tertiary/aromatic N) is 1. The lowest BCUT2D eigenvalue weighted by atomic mass is 10.0. The zero-order chi connectivity index (χ0) is 14.8. The Morgan fingerprint density at radius 2 is 2.15 bits per heavy atom. The molecule has 0 saturated heterocycles. The number of anilines is 2. The van der Waals surface area contributed by atoms with Crippen molar-refractivity contribution in [3.8, 4) is 0 Å². The number of rotatable bonds is 6. The number of nitrogens with two attached hydrogens (primary N) is 1. The quantitative estimate of drug-likeness (QED) is 0.683. The van der Waals surface area contributed by atoms with Crippen LogP contribution in [-0.2, 0) is 0 Å². The largest absolute Gasteiger partial charge is 0.399 e. The van der Waals surface area contributed by atoms with Crippen molar-refractivity contribution in [3.05, 3.63) is 23.8 Å². The molecule has 0 bridgehead atoms. The maximum absolute atomic E-state index is 12.3. The molecule has 0 aliphatic heterocycles. The normalized spacial score (nSPS) is 15.8. The number of hydrogen-bond donors (Lipinski definition) is 3. The molecule has 0 atom stereocenters. The van der Waals surface area contributed by atoms with Gasteiger partial charge in [0.15, 0.2) is 0 Å². The van der Waals surface area contributed by atoms with Crippen molar-refractivity contribution in [2.75, 3.05) is 37.9 Å². The van der Waals surface area contributed by atoms with E-state index in [2.05, 4.69) is 5.32 Å². The van der Waals surface area contributed by atoms with Crippen LogP contribution in [-0.4, -0.2) is 38.3 Å². The smallest absolute Gasteiger partial charge is 0.253 e. The molecule has 1 aliphatic carbocycles. The number of benzene rings is 1. The number of hydrogen-bond acceptors (Lipinski definition) is 4. The predicted molar refractivity (Wildman–Crippen MR) is 80.9 cm³/mol. The number of aliphatic hydroxyl groups is 1. The highest BCUT2D eigenvalue weighted by Crippen LogP contribution is 2.47. The molecule has 2 rings (SSSR count). The van der Waals surface area contributed by atoms with Crippen LogP contribution in [0.4, 0.5) is 11.4 Å². The van der Waals surface area contributed by atoms with E-state index in [1.807, 2.05) is 25.1 Å². The molecule has 0 radical (unpaired) electrons. The third kappa shape index (κ3) is 3.22. The highest BCUT2D eigenvalue weighted by molar-refractivity contribution is 6.00. The molecule has 4 N–H and O–H groups in total. The third-order valence-corrected chi connectivity index (χ3v) is 3.97. The summed E-state index contributed by atoms with van der Waals surface area (Å²) >= 11 is 0. The van der Waals surface area contributed by atoms with Crippen molar-refractivity contribution < 1.29 is 9.90 Å². The summed E-state index contributed by atoms with van der Waals surface area (Å²) < 4.78 is 0. The van der Waals surface area contributed by atoms with Crippen LogP contribution in [0, 0.1) is 5.41 Å². The first kappa shape index (κ1) is 14.7. The molecule has 0 unspecified atom stereocenters. The maximum atomic E-state index is 12.3. The number of carbonyl (C=O) groups excluding carboxylic acids is 1. The standard InChI is InChI=1S/C15H23N3O2/c1-18(2)13-4-3-11(16)9-12(13)14(20)17-10-15(5-6-15)7-8-19/h3-4,9,19H,5-8,10,16H2,1-2H3,(H,17,20). The van der Waals surface area contributed by atoms with E-state index in [0.29, 0.717) is 17.8 Å². The van der Waals surface area contributed by atoms with Crippen LogP contribution in [0.5, 0.6) is 0 Å². The summed E-state index contributed by atoms with van der Waals surface area (Å²) in [7, 11) is 3.80. The first-order valence-electron chi connectivity index (χ1n) is 6.93. The van der Waals surface area contributed by atoms with Crippen molar-refractivity contribution in [1.29, 1.82) is 0 Å². The molecule has 1 aromatic carbocycles. The lowest BCUT2D eigenvalue weighted by Gasteiger charge is -2.19. The van der Waals surface area contributed by atoms with E-state index in [1.54, 1.807) is 12.1 Å². The Bertz CT molecular complexity index is 496. The lowest BCUT2D eigenvalue weighted by molar-refractivity contribution is 0.0941. The Labute approximate surface area is 119 Å². The van der Waals surface area contributed by atoms with Crippen LogP contribution >= 0.6 is 0 Å². The monoisotopic (exact) mass is 277 g/mol. The van der Waals surface area contributed by atoms with Crippen LogP contribution in [0.25, 0.3) is 0 Å². The zero-order valence-corrected chi connectivity index (χ0v) is 12.1. The predicted octanol–water partition coefficient (Wildman–Crippen LogP) is 1.23. The second-order valence-corrected chi connectivity index (χ2v) is 5.83. The summed E-state index contributed by atoms with van der Waals surface area (Å²) in [5.41, 5.74) is 7.91. The number of nitrogens with one attached hydrogen (secondary N) is 1. The number of nitrogen functional groups attached to an aromatic ring is 1. The molecule has 110 valence electrons. The highest BCUT2D eigenvalue weighted by atomic mass is 16.3. The van der Waals surface area contributed by atoms with E-state index in [4.69, 9.17) is 10.8 Å². The number of amides is 1. The average Bonchev–Trinajstić information content (AvgIpc) is 3.16. The van der Waals surface area contributed by atoms with Gasteiger partial charge in [-0.25, -0.2) is 0 Å². The van der Waals surface area contributed by atoms with Crippen LogP contribution < -0.4 is 16.0 Å². The molecule has 0 spiro atoms. The molecular formula is C15H23N3O2. The minimum atomic E-state index is -0.106. The Hall–Kier alpha value is -1.75. The molecule has 1 aromatic rings. The van der Waals surface area contributed by atoms with Gasteiger partial charge in [0.25, 0.3) is 5.91 Å². The van der Waals surface area contributed by atoms with E-state index >= 15 is 0 Å². The summed E-state index contributed by atoms with van der Waals surface area (Å²) in [5.74, 6) is -0.106. The molecule has 1 amide bonds. The minimum absolute atomic E-state index is 0.106. The first-order valence-corrected chi connectivity index (χ1v) is 6.93. The molecule has 20 heavy (non-hydrogen) atoms. The summed E-state index contributed by atoms with van der Waals surface area (Å²) in [5, 5.41) is 12.0. The minimum Gasteiger partial charge on any atom is -0.399 e. The van der Waals surface area contributed by atoms with Gasteiger partial charge in [0.2, 0.25) is 0 Å². The molecule has 1 aliphatic rings. The Kier molecular flexibility index (Phi) is 4.18. The second kappa shape index (κ2) is 5.71. The Morgan fingerprint density at radius 3 is 2.70 bits per heavy atom. The molecule has 5 nitrogen and oxygen atoms in total. The summed E-state index contributed by atoms with van der Waals surface area (Å²) in [4.78, 5) is 14.2. The van der Waals surface area contributed by atoms with E-state index in [0.717, 1.165) is 24.9 Å². The van der Waals surface area contributed by atoms with Crippen LogP contribution in [0.2, 0.25) is 0 Å². The summed E-state index contributed by atoms with van der Waals surface area (Å²) in [6.45, 7) is 0.797. The third-order valence-electron chi connectivity index (χ3n) is 3.97. The topological polar surface area (TPSA) is 78.6 Å². The molecule has 5 heteroatoms. The Morgan fingerprint density at radius 1 is 1.45 bits per heavy atom. The van der Waals surface area contributed by atoms with Gasteiger partial charge in [0.1, 0.15) is 0 Å². The van der Waals surface area contributed by atoms with Crippen molar-refractivity contribution in [1.82, 2.24) is 5.32 Å². The van der Waals surface area contributed by atoms with Crippen LogP contribution in [0.15, 0.2) is 18.2 Å². The molecule has 0 heterocycles. The molecule has 1 saturated carbocycles. The van der Waals surface area contributed by atoms with Crippen molar-refractivity contribution >= 4 is 17.3 Å². The SMILES string of the molecule is CN(C)c1ccc(N)cc1C(=O)NCC1(CCO)CC1. The Balaban J connectivity index is 2.07. The highest BCUT2D eigenvalue weighted by Gasteiger charge is 2.42.